The number of sulfonamides is 1. The molecule has 0 aliphatic rings. The fourth-order valence-corrected chi connectivity index (χ4v) is 5.23. The van der Waals surface area contributed by atoms with E-state index < -0.39 is 10.0 Å². The van der Waals surface area contributed by atoms with E-state index >= 15 is 0 Å². The molecule has 0 spiro atoms. The number of benzene rings is 3. The Kier molecular flexibility index (Phi) is 6.41. The van der Waals surface area contributed by atoms with Crippen LogP contribution in [0.2, 0.25) is 5.02 Å². The molecule has 0 saturated carbocycles. The van der Waals surface area contributed by atoms with Crippen LogP contribution in [0, 0.1) is 0 Å². The largest absolute Gasteiger partial charge is 0.243 e. The first-order valence-electron chi connectivity index (χ1n) is 10.7. The number of nitrogens with one attached hydrogen (secondary N) is 1. The Morgan fingerprint density at radius 2 is 1.69 bits per heavy atom. The van der Waals surface area contributed by atoms with Crippen molar-refractivity contribution in [3.8, 4) is 17.1 Å². The minimum Gasteiger partial charge on any atom is -0.241 e. The fourth-order valence-electron chi connectivity index (χ4n) is 3.70. The Morgan fingerprint density at radius 1 is 0.914 bits per heavy atom. The Labute approximate surface area is 207 Å². The normalized spacial score (nSPS) is 11.7. The van der Waals surface area contributed by atoms with Crippen LogP contribution in [0.3, 0.4) is 0 Å². The second kappa shape index (κ2) is 9.79. The number of hydrogen-bond acceptors (Lipinski definition) is 6. The van der Waals surface area contributed by atoms with Crippen LogP contribution in [-0.2, 0) is 23.1 Å². The molecule has 0 bridgehead atoms. The molecule has 0 saturated heterocycles. The first kappa shape index (κ1) is 22.9. The van der Waals surface area contributed by atoms with E-state index in [-0.39, 0.29) is 18.0 Å². The van der Waals surface area contributed by atoms with E-state index in [0.29, 0.717) is 10.8 Å². The summed E-state index contributed by atoms with van der Waals surface area (Å²) in [6.45, 7) is 0.304. The molecule has 2 heterocycles. The maximum Gasteiger partial charge on any atom is 0.243 e. The monoisotopic (exact) mass is 505 g/mol. The number of aromatic nitrogens is 6. The summed E-state index contributed by atoms with van der Waals surface area (Å²) in [7, 11) is -3.85. The zero-order valence-electron chi connectivity index (χ0n) is 18.4. The third-order valence-electron chi connectivity index (χ3n) is 5.46. The standard InChI is InChI=1S/C24H20ClN7O2S/c25-21-10-12-22(13-11-21)35(33,34)31(16-18-6-8-19(9-7-18)24-27-29-30-28-24)17-20-4-1-2-5-23(20)32-15-3-14-26-32/h1-15H,16-17H2,(H,27,28,29,30). The van der Waals surface area contributed by atoms with Crippen molar-refractivity contribution in [1.29, 1.82) is 0 Å². The average molecular weight is 506 g/mol. The Balaban J connectivity index is 1.51. The molecule has 1 N–H and O–H groups in total. The van der Waals surface area contributed by atoms with Crippen LogP contribution < -0.4 is 0 Å². The van der Waals surface area contributed by atoms with Crippen LogP contribution in [0.25, 0.3) is 17.1 Å². The van der Waals surface area contributed by atoms with Gasteiger partial charge in [-0.1, -0.05) is 54.1 Å². The van der Waals surface area contributed by atoms with Crippen molar-refractivity contribution in [2.45, 2.75) is 18.0 Å². The van der Waals surface area contributed by atoms with Crippen LogP contribution in [-0.4, -0.2) is 43.1 Å². The van der Waals surface area contributed by atoms with Gasteiger partial charge in [-0.25, -0.2) is 13.1 Å². The van der Waals surface area contributed by atoms with E-state index in [0.717, 1.165) is 22.4 Å². The van der Waals surface area contributed by atoms with Crippen molar-refractivity contribution in [3.63, 3.8) is 0 Å². The van der Waals surface area contributed by atoms with Gasteiger partial charge in [0, 0.05) is 36.1 Å². The van der Waals surface area contributed by atoms with Gasteiger partial charge in [0.1, 0.15) is 0 Å². The number of tetrazole rings is 1. The minimum atomic E-state index is -3.85. The van der Waals surface area contributed by atoms with Gasteiger partial charge < -0.3 is 0 Å². The van der Waals surface area contributed by atoms with Gasteiger partial charge in [-0.2, -0.15) is 14.6 Å². The molecular weight excluding hydrogens is 486 g/mol. The summed E-state index contributed by atoms with van der Waals surface area (Å²) in [5.41, 5.74) is 3.21. The number of hydrogen-bond donors (Lipinski definition) is 1. The summed E-state index contributed by atoms with van der Waals surface area (Å²) in [4.78, 5) is 0.168. The molecule has 35 heavy (non-hydrogen) atoms. The second-order valence-corrected chi connectivity index (χ2v) is 10.1. The number of halogens is 1. The molecule has 0 aliphatic heterocycles. The average Bonchev–Trinajstić information content (AvgIpc) is 3.60. The quantitative estimate of drug-likeness (QED) is 0.340. The summed E-state index contributed by atoms with van der Waals surface area (Å²) in [5, 5.41) is 18.8. The van der Waals surface area contributed by atoms with Crippen molar-refractivity contribution in [3.05, 3.63) is 107 Å². The first-order chi connectivity index (χ1) is 17.0. The van der Waals surface area contributed by atoms with Crippen molar-refractivity contribution in [2.75, 3.05) is 0 Å². The number of aromatic amines is 1. The SMILES string of the molecule is O=S(=O)(c1ccc(Cl)cc1)N(Cc1ccc(-c2nn[nH]n2)cc1)Cc1ccccc1-n1cccn1. The van der Waals surface area contributed by atoms with E-state index in [1.807, 2.05) is 60.8 Å². The zero-order chi connectivity index (χ0) is 24.3. The molecule has 9 nitrogen and oxygen atoms in total. The highest BCUT2D eigenvalue weighted by Crippen LogP contribution is 2.25. The van der Waals surface area contributed by atoms with Crippen LogP contribution in [0.4, 0.5) is 0 Å². The predicted molar refractivity (Wildman–Crippen MR) is 131 cm³/mol. The fraction of sp³-hybridized carbons (Fsp3) is 0.0833. The van der Waals surface area contributed by atoms with Gasteiger partial charge in [0.05, 0.1) is 10.6 Å². The maximum atomic E-state index is 13.7. The van der Waals surface area contributed by atoms with E-state index in [4.69, 9.17) is 11.6 Å². The van der Waals surface area contributed by atoms with Crippen molar-refractivity contribution < 1.29 is 8.42 Å². The molecule has 0 amide bonds. The predicted octanol–water partition coefficient (Wildman–Crippen LogP) is 4.10. The summed E-state index contributed by atoms with van der Waals surface area (Å²) < 4.78 is 30.6. The van der Waals surface area contributed by atoms with Gasteiger partial charge in [-0.15, -0.1) is 10.2 Å². The van der Waals surface area contributed by atoms with Gasteiger partial charge >= 0.3 is 0 Å². The highest BCUT2D eigenvalue weighted by Gasteiger charge is 2.26. The molecule has 176 valence electrons. The van der Waals surface area contributed by atoms with Crippen LogP contribution in [0.5, 0.6) is 0 Å². The Bertz CT molecular complexity index is 1500. The van der Waals surface area contributed by atoms with Crippen molar-refractivity contribution in [1.82, 2.24) is 34.7 Å². The van der Waals surface area contributed by atoms with Gasteiger partial charge in [0.15, 0.2) is 0 Å². The lowest BCUT2D eigenvalue weighted by molar-refractivity contribution is 0.400. The highest BCUT2D eigenvalue weighted by molar-refractivity contribution is 7.89. The van der Waals surface area contributed by atoms with Gasteiger partial charge in [-0.3, -0.25) is 0 Å². The molecule has 0 radical (unpaired) electrons. The lowest BCUT2D eigenvalue weighted by Gasteiger charge is -2.24. The van der Waals surface area contributed by atoms with Gasteiger partial charge in [0.25, 0.3) is 0 Å². The second-order valence-electron chi connectivity index (χ2n) is 7.74. The van der Waals surface area contributed by atoms with Crippen LogP contribution >= 0.6 is 11.6 Å². The Morgan fingerprint density at radius 3 is 2.37 bits per heavy atom. The number of H-pyrrole nitrogens is 1. The lowest BCUT2D eigenvalue weighted by atomic mass is 10.1. The van der Waals surface area contributed by atoms with E-state index in [1.54, 1.807) is 23.0 Å². The summed E-state index contributed by atoms with van der Waals surface area (Å²) in [6.07, 6.45) is 3.51. The molecule has 0 fully saturated rings. The van der Waals surface area contributed by atoms with Crippen molar-refractivity contribution in [2.24, 2.45) is 0 Å². The molecule has 3 aromatic carbocycles. The lowest BCUT2D eigenvalue weighted by Crippen LogP contribution is -2.30. The van der Waals surface area contributed by atoms with Gasteiger partial charge in [0.2, 0.25) is 15.8 Å². The highest BCUT2D eigenvalue weighted by atomic mass is 35.5. The number of nitrogens with zero attached hydrogens (tertiary/aromatic N) is 6. The third kappa shape index (κ3) is 4.99. The van der Waals surface area contributed by atoms with Gasteiger partial charge in [-0.05, 0) is 52.7 Å². The van der Waals surface area contributed by atoms with E-state index in [9.17, 15) is 8.42 Å². The number of rotatable bonds is 8. The summed E-state index contributed by atoms with van der Waals surface area (Å²) in [6, 6.07) is 23.0. The molecular formula is C24H20ClN7O2S. The van der Waals surface area contributed by atoms with E-state index in [2.05, 4.69) is 25.7 Å². The molecule has 0 unspecified atom stereocenters. The summed E-state index contributed by atoms with van der Waals surface area (Å²) >= 11 is 6.00. The minimum absolute atomic E-state index is 0.146. The Hall–Kier alpha value is -3.86. The molecule has 0 aliphatic carbocycles. The third-order valence-corrected chi connectivity index (χ3v) is 7.52. The first-order valence-corrected chi connectivity index (χ1v) is 12.5. The number of para-hydroxylation sites is 1. The smallest absolute Gasteiger partial charge is 0.241 e. The van der Waals surface area contributed by atoms with E-state index in [1.165, 1.54) is 16.4 Å². The van der Waals surface area contributed by atoms with Crippen LogP contribution in [0.15, 0.2) is 96.2 Å². The molecule has 2 aromatic heterocycles. The topological polar surface area (TPSA) is 110 Å². The molecule has 5 aromatic rings. The zero-order valence-corrected chi connectivity index (χ0v) is 19.9. The molecule has 11 heteroatoms. The van der Waals surface area contributed by atoms with Crippen LogP contribution in [0.1, 0.15) is 11.1 Å². The van der Waals surface area contributed by atoms with Crippen molar-refractivity contribution >= 4 is 21.6 Å². The summed E-state index contributed by atoms with van der Waals surface area (Å²) in [5.74, 6) is 0.468. The molecule has 5 rings (SSSR count). The molecule has 0 atom stereocenters. The maximum absolute atomic E-state index is 13.7.